The fourth-order valence-electron chi connectivity index (χ4n) is 1.10. The predicted molar refractivity (Wildman–Crippen MR) is 53.3 cm³/mol. The lowest BCUT2D eigenvalue weighted by Crippen LogP contribution is -2.15. The number of carboxylic acid groups (broad SMARTS) is 1. The molecule has 0 saturated heterocycles. The summed E-state index contributed by atoms with van der Waals surface area (Å²) in [6.45, 7) is 0. The average Bonchev–Trinajstić information content (AvgIpc) is 2.00. The van der Waals surface area contributed by atoms with Gasteiger partial charge in [-0.1, -0.05) is 15.9 Å². The van der Waals surface area contributed by atoms with E-state index in [0.717, 1.165) is 0 Å². The predicted octanol–water partition coefficient (Wildman–Crippen LogP) is 2.06. The highest BCUT2D eigenvalue weighted by Crippen LogP contribution is 2.20. The van der Waals surface area contributed by atoms with Gasteiger partial charge in [0, 0.05) is 10.5 Å². The molecular weight excluding hydrogens is 253 g/mol. The Balaban J connectivity index is 2.89. The van der Waals surface area contributed by atoms with Crippen LogP contribution >= 0.6 is 15.9 Å². The van der Waals surface area contributed by atoms with E-state index >= 15 is 0 Å². The Morgan fingerprint density at radius 1 is 1.57 bits per heavy atom. The average molecular weight is 262 g/mol. The minimum atomic E-state index is -1.00. The summed E-state index contributed by atoms with van der Waals surface area (Å²) in [6, 6.07) is 3.45. The van der Waals surface area contributed by atoms with E-state index in [-0.39, 0.29) is 6.42 Å². The first kappa shape index (κ1) is 11.1. The number of benzene rings is 1. The molecule has 1 aromatic rings. The molecule has 3 nitrogen and oxygen atoms in total. The van der Waals surface area contributed by atoms with Crippen molar-refractivity contribution in [3.05, 3.63) is 34.1 Å². The summed E-state index contributed by atoms with van der Waals surface area (Å²) in [7, 11) is 0. The lowest BCUT2D eigenvalue weighted by Gasteiger charge is -2.09. The molecule has 0 radical (unpaired) electrons. The second kappa shape index (κ2) is 4.52. The van der Waals surface area contributed by atoms with Gasteiger partial charge in [-0.25, -0.2) is 4.39 Å². The number of rotatable bonds is 3. The monoisotopic (exact) mass is 261 g/mol. The van der Waals surface area contributed by atoms with Crippen LogP contribution in [0.25, 0.3) is 0 Å². The Labute approximate surface area is 88.9 Å². The molecule has 1 atom stereocenters. The van der Waals surface area contributed by atoms with Crippen molar-refractivity contribution in [2.75, 3.05) is 0 Å². The third-order valence-corrected chi connectivity index (χ3v) is 2.17. The molecular formula is C9H9BrFNO2. The molecule has 0 aliphatic heterocycles. The van der Waals surface area contributed by atoms with Crippen molar-refractivity contribution < 1.29 is 14.3 Å². The van der Waals surface area contributed by atoms with E-state index in [9.17, 15) is 9.18 Å². The smallest absolute Gasteiger partial charge is 0.305 e. The molecule has 3 N–H and O–H groups in total. The van der Waals surface area contributed by atoms with E-state index in [0.29, 0.717) is 10.0 Å². The minimum absolute atomic E-state index is 0.212. The standard InChI is InChI=1S/C9H9BrFNO2/c10-6-1-5(2-7(11)3-6)8(12)4-9(13)14/h1-3,8H,4,12H2,(H,13,14)/t8-/m0/s1. The Morgan fingerprint density at radius 3 is 2.71 bits per heavy atom. The van der Waals surface area contributed by atoms with Crippen molar-refractivity contribution in [1.82, 2.24) is 0 Å². The summed E-state index contributed by atoms with van der Waals surface area (Å²) >= 11 is 3.10. The number of nitrogens with two attached hydrogens (primary N) is 1. The molecule has 0 amide bonds. The van der Waals surface area contributed by atoms with Gasteiger partial charge in [0.2, 0.25) is 0 Å². The zero-order valence-corrected chi connectivity index (χ0v) is 8.79. The summed E-state index contributed by atoms with van der Waals surface area (Å²) in [4.78, 5) is 10.4. The highest BCUT2D eigenvalue weighted by atomic mass is 79.9. The van der Waals surface area contributed by atoms with Gasteiger partial charge < -0.3 is 10.8 Å². The molecule has 0 spiro atoms. The van der Waals surface area contributed by atoms with E-state index in [2.05, 4.69) is 15.9 Å². The van der Waals surface area contributed by atoms with Crippen molar-refractivity contribution in [1.29, 1.82) is 0 Å². The Morgan fingerprint density at radius 2 is 2.21 bits per heavy atom. The zero-order valence-electron chi connectivity index (χ0n) is 7.21. The first-order valence-corrected chi connectivity index (χ1v) is 4.71. The van der Waals surface area contributed by atoms with Crippen LogP contribution in [0.4, 0.5) is 4.39 Å². The van der Waals surface area contributed by atoms with Crippen LogP contribution in [0.1, 0.15) is 18.0 Å². The molecule has 0 fully saturated rings. The number of hydrogen-bond donors (Lipinski definition) is 2. The summed E-state index contributed by atoms with van der Waals surface area (Å²) < 4.78 is 13.4. The van der Waals surface area contributed by atoms with E-state index in [1.165, 1.54) is 12.1 Å². The molecule has 14 heavy (non-hydrogen) atoms. The quantitative estimate of drug-likeness (QED) is 0.876. The fourth-order valence-corrected chi connectivity index (χ4v) is 1.58. The maximum absolute atomic E-state index is 12.9. The van der Waals surface area contributed by atoms with Gasteiger partial charge in [-0.05, 0) is 23.8 Å². The summed E-state index contributed by atoms with van der Waals surface area (Å²) in [6.07, 6.45) is -0.212. The number of hydrogen-bond acceptors (Lipinski definition) is 2. The maximum Gasteiger partial charge on any atom is 0.305 e. The van der Waals surface area contributed by atoms with Crippen molar-refractivity contribution >= 4 is 21.9 Å². The molecule has 0 bridgehead atoms. The van der Waals surface area contributed by atoms with Crippen LogP contribution in [0.2, 0.25) is 0 Å². The number of aliphatic carboxylic acids is 1. The SMILES string of the molecule is N[C@@H](CC(=O)O)c1cc(F)cc(Br)c1. The van der Waals surface area contributed by atoms with Gasteiger partial charge in [-0.2, -0.15) is 0 Å². The molecule has 0 heterocycles. The Hall–Kier alpha value is -0.940. The number of halogens is 2. The molecule has 0 aromatic heterocycles. The van der Waals surface area contributed by atoms with Gasteiger partial charge in [-0.3, -0.25) is 4.79 Å². The first-order valence-electron chi connectivity index (χ1n) is 3.92. The molecule has 0 unspecified atom stereocenters. The van der Waals surface area contributed by atoms with Crippen molar-refractivity contribution in [3.63, 3.8) is 0 Å². The third kappa shape index (κ3) is 3.08. The van der Waals surface area contributed by atoms with Crippen molar-refractivity contribution in [2.45, 2.75) is 12.5 Å². The van der Waals surface area contributed by atoms with Gasteiger partial charge in [0.05, 0.1) is 6.42 Å². The Bertz CT molecular complexity index is 336. The van der Waals surface area contributed by atoms with Gasteiger partial charge in [0.15, 0.2) is 0 Å². The highest BCUT2D eigenvalue weighted by Gasteiger charge is 2.11. The molecule has 1 rings (SSSR count). The van der Waals surface area contributed by atoms with Crippen LogP contribution < -0.4 is 5.73 Å². The van der Waals surface area contributed by atoms with Crippen LogP contribution in [-0.2, 0) is 4.79 Å². The second-order valence-electron chi connectivity index (χ2n) is 2.91. The van der Waals surface area contributed by atoms with E-state index < -0.39 is 17.8 Å². The van der Waals surface area contributed by atoms with Gasteiger partial charge in [-0.15, -0.1) is 0 Å². The summed E-state index contributed by atoms with van der Waals surface area (Å²) in [5.41, 5.74) is 6.04. The summed E-state index contributed by atoms with van der Waals surface area (Å²) in [5, 5.41) is 8.50. The lowest BCUT2D eigenvalue weighted by molar-refractivity contribution is -0.137. The molecule has 0 aliphatic rings. The topological polar surface area (TPSA) is 63.3 Å². The van der Waals surface area contributed by atoms with Crippen LogP contribution in [-0.4, -0.2) is 11.1 Å². The van der Waals surface area contributed by atoms with Crippen LogP contribution in [0.5, 0.6) is 0 Å². The van der Waals surface area contributed by atoms with Crippen LogP contribution in [0, 0.1) is 5.82 Å². The molecule has 76 valence electrons. The maximum atomic E-state index is 12.9. The molecule has 5 heteroatoms. The first-order chi connectivity index (χ1) is 6.49. The van der Waals surface area contributed by atoms with Crippen molar-refractivity contribution in [2.24, 2.45) is 5.73 Å². The third-order valence-electron chi connectivity index (χ3n) is 1.71. The fraction of sp³-hybridized carbons (Fsp3) is 0.222. The number of carboxylic acids is 1. The lowest BCUT2D eigenvalue weighted by atomic mass is 10.1. The van der Waals surface area contributed by atoms with Gasteiger partial charge in [0.1, 0.15) is 5.82 Å². The number of carbonyl (C=O) groups is 1. The van der Waals surface area contributed by atoms with E-state index in [1.54, 1.807) is 6.07 Å². The second-order valence-corrected chi connectivity index (χ2v) is 3.82. The normalized spacial score (nSPS) is 12.5. The molecule has 0 saturated carbocycles. The minimum Gasteiger partial charge on any atom is -0.481 e. The highest BCUT2D eigenvalue weighted by molar-refractivity contribution is 9.10. The van der Waals surface area contributed by atoms with Crippen molar-refractivity contribution in [3.8, 4) is 0 Å². The zero-order chi connectivity index (χ0) is 10.7. The van der Waals surface area contributed by atoms with E-state index in [4.69, 9.17) is 10.8 Å². The van der Waals surface area contributed by atoms with E-state index in [1.807, 2.05) is 0 Å². The molecule has 1 aromatic carbocycles. The molecule has 0 aliphatic carbocycles. The summed E-state index contributed by atoms with van der Waals surface area (Å²) in [5.74, 6) is -1.44. The van der Waals surface area contributed by atoms with Crippen LogP contribution in [0.3, 0.4) is 0 Å². The largest absolute Gasteiger partial charge is 0.481 e. The van der Waals surface area contributed by atoms with Gasteiger partial charge in [0.25, 0.3) is 0 Å². The van der Waals surface area contributed by atoms with Crippen LogP contribution in [0.15, 0.2) is 22.7 Å². The van der Waals surface area contributed by atoms with Gasteiger partial charge >= 0.3 is 5.97 Å². The Kier molecular flexibility index (Phi) is 3.60.